The SMILES string of the molecule is C/C(=C\C=C(/N)c1cc(C=O)c(O)c2ccccc12)C(C=Nc1cc(C=O)cc(C(F)(F)F)c1)=CN. The largest absolute Gasteiger partial charge is 0.507 e. The van der Waals surface area contributed by atoms with Gasteiger partial charge in [-0.3, -0.25) is 14.6 Å². The first kappa shape index (κ1) is 26.0. The second-order valence-corrected chi connectivity index (χ2v) is 7.81. The van der Waals surface area contributed by atoms with Gasteiger partial charge in [0.25, 0.3) is 0 Å². The lowest BCUT2D eigenvalue weighted by atomic mass is 9.97. The van der Waals surface area contributed by atoms with Crippen LogP contribution in [-0.2, 0) is 6.18 Å². The number of alkyl halides is 3. The van der Waals surface area contributed by atoms with Crippen molar-refractivity contribution in [1.29, 1.82) is 0 Å². The van der Waals surface area contributed by atoms with E-state index in [4.69, 9.17) is 11.5 Å². The van der Waals surface area contributed by atoms with Gasteiger partial charge in [-0.1, -0.05) is 30.3 Å². The minimum atomic E-state index is -4.63. The molecule has 0 radical (unpaired) electrons. The molecular formula is C27H22F3N3O3. The van der Waals surface area contributed by atoms with Gasteiger partial charge in [-0.05, 0) is 48.2 Å². The molecule has 9 heteroatoms. The Morgan fingerprint density at radius 1 is 1.00 bits per heavy atom. The van der Waals surface area contributed by atoms with Gasteiger partial charge in [-0.2, -0.15) is 13.2 Å². The highest BCUT2D eigenvalue weighted by molar-refractivity contribution is 6.02. The van der Waals surface area contributed by atoms with E-state index in [2.05, 4.69) is 4.99 Å². The van der Waals surface area contributed by atoms with Gasteiger partial charge in [-0.25, -0.2) is 0 Å². The average Bonchev–Trinajstić information content (AvgIpc) is 2.87. The standard InChI is InChI=1S/C27H22F3N3O3/c1-16(19(12-31)13-33-21-9-17(14-34)8-20(11-21)27(28,29)30)6-7-25(32)24-10-18(15-35)26(36)23-5-3-2-4-22(23)24/h2-15,36H,31-32H2,1H3/b16-6+,19-12?,25-7-,33-13?. The van der Waals surface area contributed by atoms with Crippen molar-refractivity contribution in [2.24, 2.45) is 16.5 Å². The number of phenolic OH excluding ortho intramolecular Hbond substituents is 1. The normalized spacial score (nSPS) is 13.4. The van der Waals surface area contributed by atoms with Crippen molar-refractivity contribution in [3.05, 3.63) is 100 Å². The van der Waals surface area contributed by atoms with Crippen LogP contribution in [-0.4, -0.2) is 23.9 Å². The maximum Gasteiger partial charge on any atom is 0.416 e. The van der Waals surface area contributed by atoms with Gasteiger partial charge in [0.2, 0.25) is 0 Å². The maximum absolute atomic E-state index is 13.1. The summed E-state index contributed by atoms with van der Waals surface area (Å²) in [6.07, 6.45) is 1.94. The number of benzene rings is 3. The number of aldehydes is 2. The summed E-state index contributed by atoms with van der Waals surface area (Å²) in [4.78, 5) is 26.5. The van der Waals surface area contributed by atoms with E-state index < -0.39 is 11.7 Å². The van der Waals surface area contributed by atoms with Gasteiger partial charge in [0.15, 0.2) is 6.29 Å². The van der Waals surface area contributed by atoms with Crippen LogP contribution in [0, 0.1) is 0 Å². The molecular weight excluding hydrogens is 471 g/mol. The number of phenols is 1. The predicted octanol–water partition coefficient (Wildman–Crippen LogP) is 5.68. The Balaban J connectivity index is 1.95. The van der Waals surface area contributed by atoms with Crippen LogP contribution in [0.3, 0.4) is 0 Å². The van der Waals surface area contributed by atoms with E-state index in [9.17, 15) is 27.9 Å². The van der Waals surface area contributed by atoms with E-state index in [0.717, 1.165) is 12.1 Å². The second-order valence-electron chi connectivity index (χ2n) is 7.81. The molecule has 3 aromatic carbocycles. The quantitative estimate of drug-likeness (QED) is 0.222. The zero-order valence-corrected chi connectivity index (χ0v) is 19.1. The number of carbonyl (C=O) groups excluding carboxylic acids is 2. The van der Waals surface area contributed by atoms with Crippen LogP contribution < -0.4 is 11.5 Å². The van der Waals surface area contributed by atoms with Gasteiger partial charge < -0.3 is 16.6 Å². The van der Waals surface area contributed by atoms with Gasteiger partial charge in [0.05, 0.1) is 16.8 Å². The topological polar surface area (TPSA) is 119 Å². The molecule has 3 rings (SSSR count). The third-order valence-electron chi connectivity index (χ3n) is 5.39. The zero-order chi connectivity index (χ0) is 26.5. The van der Waals surface area contributed by atoms with Crippen molar-refractivity contribution < 1.29 is 27.9 Å². The van der Waals surface area contributed by atoms with Gasteiger partial charge in [0, 0.05) is 40.2 Å². The summed E-state index contributed by atoms with van der Waals surface area (Å²) in [5, 5.41) is 11.4. The Morgan fingerprint density at radius 3 is 2.31 bits per heavy atom. The number of aliphatic imine (C=N–C) groups is 1. The van der Waals surface area contributed by atoms with Crippen molar-refractivity contribution in [2.45, 2.75) is 13.1 Å². The number of nitrogens with two attached hydrogens (primary N) is 2. The fourth-order valence-electron chi connectivity index (χ4n) is 3.47. The highest BCUT2D eigenvalue weighted by Crippen LogP contribution is 2.34. The van der Waals surface area contributed by atoms with Crippen LogP contribution in [0.5, 0.6) is 5.75 Å². The molecule has 0 aliphatic rings. The molecule has 6 nitrogen and oxygen atoms in total. The molecule has 0 spiro atoms. The van der Waals surface area contributed by atoms with Crippen LogP contribution >= 0.6 is 0 Å². The summed E-state index contributed by atoms with van der Waals surface area (Å²) in [5.41, 5.74) is 12.7. The first-order valence-electron chi connectivity index (χ1n) is 10.6. The first-order valence-corrected chi connectivity index (χ1v) is 10.6. The lowest BCUT2D eigenvalue weighted by Gasteiger charge is -2.11. The maximum atomic E-state index is 13.1. The molecule has 0 heterocycles. The molecule has 36 heavy (non-hydrogen) atoms. The number of hydrogen-bond acceptors (Lipinski definition) is 6. The summed E-state index contributed by atoms with van der Waals surface area (Å²) in [5.74, 6) is -0.138. The van der Waals surface area contributed by atoms with Gasteiger partial charge in [0.1, 0.15) is 12.0 Å². The number of rotatable bonds is 7. The highest BCUT2D eigenvalue weighted by Gasteiger charge is 2.31. The summed E-state index contributed by atoms with van der Waals surface area (Å²) < 4.78 is 39.3. The van der Waals surface area contributed by atoms with Crippen LogP contribution in [0.25, 0.3) is 16.5 Å². The van der Waals surface area contributed by atoms with Crippen molar-refractivity contribution in [3.8, 4) is 5.75 Å². The summed E-state index contributed by atoms with van der Waals surface area (Å²) in [7, 11) is 0. The summed E-state index contributed by atoms with van der Waals surface area (Å²) in [6, 6.07) is 11.2. The molecule has 0 saturated heterocycles. The number of hydrogen-bond donors (Lipinski definition) is 3. The number of allylic oxidation sites excluding steroid dienone is 4. The van der Waals surface area contributed by atoms with E-state index in [1.807, 2.05) is 0 Å². The van der Waals surface area contributed by atoms with Crippen molar-refractivity contribution in [2.75, 3.05) is 0 Å². The van der Waals surface area contributed by atoms with Crippen molar-refractivity contribution in [3.63, 3.8) is 0 Å². The minimum absolute atomic E-state index is 0.0638. The van der Waals surface area contributed by atoms with Crippen molar-refractivity contribution >= 4 is 40.9 Å². The van der Waals surface area contributed by atoms with Crippen LogP contribution in [0.2, 0.25) is 0 Å². The summed E-state index contributed by atoms with van der Waals surface area (Å²) in [6.45, 7) is 1.70. The highest BCUT2D eigenvalue weighted by atomic mass is 19.4. The Morgan fingerprint density at radius 2 is 1.69 bits per heavy atom. The molecule has 0 fully saturated rings. The molecule has 5 N–H and O–H groups in total. The molecule has 0 bridgehead atoms. The van der Waals surface area contributed by atoms with Crippen LogP contribution in [0.1, 0.15) is 38.8 Å². The number of nitrogens with zero attached hydrogens (tertiary/aromatic N) is 1. The first-order chi connectivity index (χ1) is 17.1. The molecule has 0 amide bonds. The number of aromatic hydroxyl groups is 1. The van der Waals surface area contributed by atoms with Gasteiger partial charge in [-0.15, -0.1) is 0 Å². The van der Waals surface area contributed by atoms with Crippen LogP contribution in [0.15, 0.2) is 83.0 Å². The fraction of sp³-hybridized carbons (Fsp3) is 0.0741. The smallest absolute Gasteiger partial charge is 0.416 e. The van der Waals surface area contributed by atoms with E-state index in [1.165, 1.54) is 24.5 Å². The van der Waals surface area contributed by atoms with E-state index >= 15 is 0 Å². The molecule has 0 aromatic heterocycles. The molecule has 3 aromatic rings. The monoisotopic (exact) mass is 493 g/mol. The second kappa shape index (κ2) is 10.7. The van der Waals surface area contributed by atoms with E-state index in [-0.39, 0.29) is 22.6 Å². The Kier molecular flexibility index (Phi) is 7.73. The molecule has 0 aliphatic heterocycles. The molecule has 184 valence electrons. The number of halogens is 3. The zero-order valence-electron chi connectivity index (χ0n) is 19.1. The number of carbonyl (C=O) groups is 2. The van der Waals surface area contributed by atoms with E-state index in [0.29, 0.717) is 45.8 Å². The Hall–Kier alpha value is -4.66. The molecule has 0 aliphatic carbocycles. The third-order valence-corrected chi connectivity index (χ3v) is 5.39. The van der Waals surface area contributed by atoms with Crippen molar-refractivity contribution in [1.82, 2.24) is 0 Å². The minimum Gasteiger partial charge on any atom is -0.507 e. The average molecular weight is 493 g/mol. The predicted molar refractivity (Wildman–Crippen MR) is 134 cm³/mol. The fourth-order valence-corrected chi connectivity index (χ4v) is 3.47. The lowest BCUT2D eigenvalue weighted by molar-refractivity contribution is -0.137. The third kappa shape index (κ3) is 5.69. The molecule has 0 saturated carbocycles. The molecule has 0 atom stereocenters. The Bertz CT molecular complexity index is 1450. The Labute approximate surface area is 204 Å². The number of fused-ring (bicyclic) bond motifs is 1. The summed E-state index contributed by atoms with van der Waals surface area (Å²) >= 11 is 0. The van der Waals surface area contributed by atoms with Crippen LogP contribution in [0.4, 0.5) is 18.9 Å². The lowest BCUT2D eigenvalue weighted by Crippen LogP contribution is -2.05. The van der Waals surface area contributed by atoms with Gasteiger partial charge >= 0.3 is 6.18 Å². The molecule has 0 unspecified atom stereocenters. The van der Waals surface area contributed by atoms with E-state index in [1.54, 1.807) is 43.3 Å².